The van der Waals surface area contributed by atoms with E-state index in [1.807, 2.05) is 19.1 Å². The third kappa shape index (κ3) is 2.44. The molecular formula is C12H11ClN2O. The van der Waals surface area contributed by atoms with Crippen LogP contribution in [0.3, 0.4) is 0 Å². The van der Waals surface area contributed by atoms with E-state index in [-0.39, 0.29) is 0 Å². The number of ether oxygens (including phenoxy) is 1. The van der Waals surface area contributed by atoms with Crippen molar-refractivity contribution in [2.75, 3.05) is 5.73 Å². The van der Waals surface area contributed by atoms with Crippen LogP contribution in [0.15, 0.2) is 36.5 Å². The molecule has 0 aliphatic carbocycles. The quantitative estimate of drug-likeness (QED) is 0.866. The number of aryl methyl sites for hydroxylation is 1. The number of anilines is 1. The monoisotopic (exact) mass is 234 g/mol. The standard InChI is InChI=1S/C12H11ClN2O/c1-8-6-9(2-3-11(8)13)16-10-4-5-15-12(14)7-10/h2-7H,1H3,(H2,14,15). The molecule has 0 saturated heterocycles. The predicted molar refractivity (Wildman–Crippen MR) is 64.9 cm³/mol. The van der Waals surface area contributed by atoms with E-state index in [9.17, 15) is 0 Å². The molecule has 0 amide bonds. The Bertz CT molecular complexity index is 514. The van der Waals surface area contributed by atoms with Gasteiger partial charge in [-0.05, 0) is 36.8 Å². The maximum Gasteiger partial charge on any atom is 0.132 e. The van der Waals surface area contributed by atoms with E-state index >= 15 is 0 Å². The van der Waals surface area contributed by atoms with Crippen molar-refractivity contribution in [2.24, 2.45) is 0 Å². The Kier molecular flexibility index (Phi) is 2.97. The van der Waals surface area contributed by atoms with Gasteiger partial charge in [0.25, 0.3) is 0 Å². The zero-order valence-corrected chi connectivity index (χ0v) is 9.53. The van der Waals surface area contributed by atoms with Gasteiger partial charge in [-0.25, -0.2) is 4.98 Å². The molecule has 0 aliphatic heterocycles. The van der Waals surface area contributed by atoms with E-state index in [1.165, 1.54) is 0 Å². The van der Waals surface area contributed by atoms with Crippen LogP contribution >= 0.6 is 11.6 Å². The van der Waals surface area contributed by atoms with Gasteiger partial charge in [-0.1, -0.05) is 11.6 Å². The lowest BCUT2D eigenvalue weighted by Gasteiger charge is -2.07. The van der Waals surface area contributed by atoms with E-state index in [4.69, 9.17) is 22.1 Å². The van der Waals surface area contributed by atoms with Gasteiger partial charge in [0.1, 0.15) is 17.3 Å². The smallest absolute Gasteiger partial charge is 0.132 e. The summed E-state index contributed by atoms with van der Waals surface area (Å²) in [6, 6.07) is 8.91. The van der Waals surface area contributed by atoms with Crippen LogP contribution in [-0.4, -0.2) is 4.98 Å². The van der Waals surface area contributed by atoms with Gasteiger partial charge in [0.15, 0.2) is 0 Å². The van der Waals surface area contributed by atoms with Crippen LogP contribution in [0.1, 0.15) is 5.56 Å². The number of nitrogen functional groups attached to an aromatic ring is 1. The number of pyridine rings is 1. The molecule has 4 heteroatoms. The van der Waals surface area contributed by atoms with Gasteiger partial charge in [-0.15, -0.1) is 0 Å². The second kappa shape index (κ2) is 4.41. The van der Waals surface area contributed by atoms with Gasteiger partial charge in [0.05, 0.1) is 0 Å². The summed E-state index contributed by atoms with van der Waals surface area (Å²) in [6.07, 6.45) is 1.60. The molecule has 0 radical (unpaired) electrons. The van der Waals surface area contributed by atoms with Gasteiger partial charge < -0.3 is 10.5 Å². The third-order valence-corrected chi connectivity index (χ3v) is 2.54. The fourth-order valence-electron chi connectivity index (χ4n) is 1.31. The number of aromatic nitrogens is 1. The molecule has 0 atom stereocenters. The molecule has 0 aliphatic rings. The maximum absolute atomic E-state index is 5.92. The molecule has 82 valence electrons. The van der Waals surface area contributed by atoms with Crippen molar-refractivity contribution in [1.29, 1.82) is 0 Å². The van der Waals surface area contributed by atoms with Gasteiger partial charge in [-0.2, -0.15) is 0 Å². The Labute approximate surface area is 98.8 Å². The summed E-state index contributed by atoms with van der Waals surface area (Å²) < 4.78 is 5.62. The average Bonchev–Trinajstić information content (AvgIpc) is 2.24. The fraction of sp³-hybridized carbons (Fsp3) is 0.0833. The normalized spacial score (nSPS) is 10.1. The van der Waals surface area contributed by atoms with E-state index < -0.39 is 0 Å². The fourth-order valence-corrected chi connectivity index (χ4v) is 1.43. The number of hydrogen-bond acceptors (Lipinski definition) is 3. The molecular weight excluding hydrogens is 224 g/mol. The Balaban J connectivity index is 2.24. The number of hydrogen-bond donors (Lipinski definition) is 1. The van der Waals surface area contributed by atoms with E-state index in [2.05, 4.69) is 4.98 Å². The second-order valence-corrected chi connectivity index (χ2v) is 3.84. The molecule has 0 spiro atoms. The topological polar surface area (TPSA) is 48.1 Å². The van der Waals surface area contributed by atoms with Crippen LogP contribution in [0.2, 0.25) is 5.02 Å². The van der Waals surface area contributed by atoms with Crippen molar-refractivity contribution >= 4 is 17.4 Å². The van der Waals surface area contributed by atoms with Crippen molar-refractivity contribution in [1.82, 2.24) is 4.98 Å². The van der Waals surface area contributed by atoms with Crippen LogP contribution in [0, 0.1) is 6.92 Å². The first-order valence-corrected chi connectivity index (χ1v) is 5.18. The van der Waals surface area contributed by atoms with Crippen molar-refractivity contribution in [3.8, 4) is 11.5 Å². The lowest BCUT2D eigenvalue weighted by Crippen LogP contribution is -1.91. The SMILES string of the molecule is Cc1cc(Oc2ccnc(N)c2)ccc1Cl. The van der Waals surface area contributed by atoms with Crippen molar-refractivity contribution in [3.05, 3.63) is 47.1 Å². The summed E-state index contributed by atoms with van der Waals surface area (Å²) in [4.78, 5) is 3.89. The van der Waals surface area contributed by atoms with E-state index in [0.717, 1.165) is 16.3 Å². The number of nitrogens with two attached hydrogens (primary N) is 1. The molecule has 2 N–H and O–H groups in total. The molecule has 3 nitrogen and oxygen atoms in total. The minimum atomic E-state index is 0.434. The lowest BCUT2D eigenvalue weighted by atomic mass is 10.2. The highest BCUT2D eigenvalue weighted by molar-refractivity contribution is 6.31. The van der Waals surface area contributed by atoms with Crippen molar-refractivity contribution < 1.29 is 4.74 Å². The molecule has 0 saturated carbocycles. The zero-order chi connectivity index (χ0) is 11.5. The summed E-state index contributed by atoms with van der Waals surface area (Å²) in [5.74, 6) is 1.82. The first-order valence-electron chi connectivity index (χ1n) is 4.81. The summed E-state index contributed by atoms with van der Waals surface area (Å²) in [7, 11) is 0. The molecule has 0 bridgehead atoms. The van der Waals surface area contributed by atoms with Gasteiger partial charge >= 0.3 is 0 Å². The van der Waals surface area contributed by atoms with Crippen LogP contribution in [0.25, 0.3) is 0 Å². The molecule has 2 rings (SSSR count). The van der Waals surface area contributed by atoms with Gasteiger partial charge in [0, 0.05) is 17.3 Å². The number of rotatable bonds is 2. The Hall–Kier alpha value is -1.74. The highest BCUT2D eigenvalue weighted by atomic mass is 35.5. The number of benzene rings is 1. The minimum absolute atomic E-state index is 0.434. The molecule has 0 unspecified atom stereocenters. The number of nitrogens with zero attached hydrogens (tertiary/aromatic N) is 1. The second-order valence-electron chi connectivity index (χ2n) is 3.43. The molecule has 0 fully saturated rings. The summed E-state index contributed by atoms with van der Waals surface area (Å²) >= 11 is 5.92. The highest BCUT2D eigenvalue weighted by Gasteiger charge is 2.00. The van der Waals surface area contributed by atoms with E-state index in [1.54, 1.807) is 24.4 Å². The molecule has 1 heterocycles. The molecule has 16 heavy (non-hydrogen) atoms. The lowest BCUT2D eigenvalue weighted by molar-refractivity contribution is 0.482. The summed E-state index contributed by atoms with van der Waals surface area (Å²) in [6.45, 7) is 1.93. The average molecular weight is 235 g/mol. The van der Waals surface area contributed by atoms with Crippen LogP contribution in [0.5, 0.6) is 11.5 Å². The highest BCUT2D eigenvalue weighted by Crippen LogP contribution is 2.26. The molecule has 2 aromatic rings. The van der Waals surface area contributed by atoms with Gasteiger partial charge in [0.2, 0.25) is 0 Å². The number of halogens is 1. The van der Waals surface area contributed by atoms with Crippen molar-refractivity contribution in [2.45, 2.75) is 6.92 Å². The zero-order valence-electron chi connectivity index (χ0n) is 8.77. The summed E-state index contributed by atoms with van der Waals surface area (Å²) in [5, 5.41) is 0.724. The maximum atomic E-state index is 5.92. The molecule has 1 aromatic heterocycles. The first kappa shape index (κ1) is 10.8. The largest absolute Gasteiger partial charge is 0.457 e. The van der Waals surface area contributed by atoms with E-state index in [0.29, 0.717) is 11.6 Å². The van der Waals surface area contributed by atoms with Crippen molar-refractivity contribution in [3.63, 3.8) is 0 Å². The minimum Gasteiger partial charge on any atom is -0.457 e. The Morgan fingerprint density at radius 3 is 2.62 bits per heavy atom. The summed E-state index contributed by atoms with van der Waals surface area (Å²) in [5.41, 5.74) is 6.53. The first-order chi connectivity index (χ1) is 7.65. The van der Waals surface area contributed by atoms with Crippen LogP contribution in [-0.2, 0) is 0 Å². The third-order valence-electron chi connectivity index (χ3n) is 2.12. The Morgan fingerprint density at radius 2 is 1.94 bits per heavy atom. The Morgan fingerprint density at radius 1 is 1.19 bits per heavy atom. The van der Waals surface area contributed by atoms with Gasteiger partial charge in [-0.3, -0.25) is 0 Å². The molecule has 1 aromatic carbocycles. The van der Waals surface area contributed by atoms with Crippen LogP contribution < -0.4 is 10.5 Å². The predicted octanol–water partition coefficient (Wildman–Crippen LogP) is 3.42. The van der Waals surface area contributed by atoms with Crippen LogP contribution in [0.4, 0.5) is 5.82 Å².